The summed E-state index contributed by atoms with van der Waals surface area (Å²) in [6.07, 6.45) is -3.55. The smallest absolute Gasteiger partial charge is 0.283 e. The molecule has 3 heterocycles. The predicted octanol–water partition coefficient (Wildman–Crippen LogP) is 6.40. The van der Waals surface area contributed by atoms with Gasteiger partial charge in [0.05, 0.1) is 55.7 Å². The van der Waals surface area contributed by atoms with E-state index in [2.05, 4.69) is 36.6 Å². The molecule has 2 amide bonds. The molecule has 18 heteroatoms. The number of aromatic nitrogens is 6. The molecule has 0 bridgehead atoms. The Morgan fingerprint density at radius 3 is 1.54 bits per heavy atom. The number of nitrogens with zero attached hydrogens (tertiary/aromatic N) is 7. The third kappa shape index (κ3) is 6.47. The maximum absolute atomic E-state index is 15.0. The summed E-state index contributed by atoms with van der Waals surface area (Å²) in [5.41, 5.74) is -0.112. The predicted molar refractivity (Wildman–Crippen MR) is 159 cm³/mol. The molecule has 2 aromatic heterocycles. The van der Waals surface area contributed by atoms with Crippen molar-refractivity contribution in [2.45, 2.75) is 24.7 Å². The zero-order chi connectivity index (χ0) is 34.7. The first-order chi connectivity index (χ1) is 23.0. The van der Waals surface area contributed by atoms with E-state index in [1.54, 1.807) is 12.1 Å². The van der Waals surface area contributed by atoms with Crippen molar-refractivity contribution >= 4 is 27.7 Å². The lowest BCUT2D eigenvalue weighted by molar-refractivity contribution is 0.0640. The average Bonchev–Trinajstić information content (AvgIpc) is 3.83. The standard InChI is InChI=1S/C19H13F3N4O3.C11H9BrF3N3O/c1-29-15-7-6-14(26-9-13(17(21)22)23-24-26)12(16(15)20)8-25-18(27)10-4-2-3-5-11(10)19(25)28;1-19-9-3-2-8(6(4-12)10(9)13)18-5-7(11(14)15)16-17-18/h2-7,9,17H,8H2,1H3;2-3,5,11H,4H2,1H3. The van der Waals surface area contributed by atoms with E-state index in [4.69, 9.17) is 9.47 Å². The summed E-state index contributed by atoms with van der Waals surface area (Å²) in [6.45, 7) is -0.436. The van der Waals surface area contributed by atoms with Crippen molar-refractivity contribution in [3.63, 3.8) is 0 Å². The van der Waals surface area contributed by atoms with Gasteiger partial charge in [0.25, 0.3) is 24.7 Å². The van der Waals surface area contributed by atoms with Gasteiger partial charge in [-0.2, -0.15) is 0 Å². The van der Waals surface area contributed by atoms with Crippen LogP contribution in [0.1, 0.15) is 56.1 Å². The minimum absolute atomic E-state index is 0.0549. The fourth-order valence-corrected chi connectivity index (χ4v) is 5.26. The van der Waals surface area contributed by atoms with E-state index in [1.807, 2.05) is 0 Å². The minimum atomic E-state index is -2.86. The number of benzene rings is 3. The normalized spacial score (nSPS) is 12.4. The van der Waals surface area contributed by atoms with Crippen molar-refractivity contribution in [2.75, 3.05) is 14.2 Å². The lowest BCUT2D eigenvalue weighted by Gasteiger charge is -2.18. The third-order valence-corrected chi connectivity index (χ3v) is 7.66. The van der Waals surface area contributed by atoms with Crippen LogP contribution in [0.5, 0.6) is 11.5 Å². The molecule has 48 heavy (non-hydrogen) atoms. The summed E-state index contributed by atoms with van der Waals surface area (Å²) in [7, 11) is 2.61. The number of carbonyl (C=O) groups is 2. The first-order valence-corrected chi connectivity index (χ1v) is 14.8. The molecule has 0 aliphatic carbocycles. The van der Waals surface area contributed by atoms with Gasteiger partial charge in [-0.05, 0) is 36.4 Å². The fraction of sp³-hybridized carbons (Fsp3) is 0.200. The third-order valence-electron chi connectivity index (χ3n) is 7.10. The van der Waals surface area contributed by atoms with Gasteiger partial charge in [0.2, 0.25) is 0 Å². The molecular weight excluding hydrogens is 716 g/mol. The van der Waals surface area contributed by atoms with Gasteiger partial charge < -0.3 is 9.47 Å². The van der Waals surface area contributed by atoms with Crippen molar-refractivity contribution in [1.82, 2.24) is 34.9 Å². The topological polar surface area (TPSA) is 117 Å². The Bertz CT molecular complexity index is 1950. The number of ether oxygens (including phenoxy) is 2. The van der Waals surface area contributed by atoms with Gasteiger partial charge in [0, 0.05) is 16.5 Å². The molecule has 6 rings (SSSR count). The number of imide groups is 1. The highest BCUT2D eigenvalue weighted by Crippen LogP contribution is 2.32. The Morgan fingerprint density at radius 2 is 1.15 bits per heavy atom. The van der Waals surface area contributed by atoms with E-state index in [1.165, 1.54) is 50.6 Å². The summed E-state index contributed by atoms with van der Waals surface area (Å²) in [5, 5.41) is 14.1. The fourth-order valence-electron chi connectivity index (χ4n) is 4.73. The van der Waals surface area contributed by atoms with Crippen LogP contribution in [0.2, 0.25) is 0 Å². The number of fused-ring (bicyclic) bond motifs is 1. The number of alkyl halides is 5. The van der Waals surface area contributed by atoms with E-state index >= 15 is 4.39 Å². The van der Waals surface area contributed by atoms with Crippen LogP contribution < -0.4 is 9.47 Å². The van der Waals surface area contributed by atoms with Gasteiger partial charge in [0.15, 0.2) is 23.1 Å². The van der Waals surface area contributed by atoms with Crippen LogP contribution in [0.15, 0.2) is 60.9 Å². The molecule has 0 spiro atoms. The zero-order valence-corrected chi connectivity index (χ0v) is 26.3. The van der Waals surface area contributed by atoms with Gasteiger partial charge in [-0.1, -0.05) is 38.5 Å². The Kier molecular flexibility index (Phi) is 10.1. The molecule has 250 valence electrons. The van der Waals surface area contributed by atoms with Crippen molar-refractivity contribution in [2.24, 2.45) is 0 Å². The molecule has 0 fully saturated rings. The van der Waals surface area contributed by atoms with E-state index < -0.39 is 54.2 Å². The van der Waals surface area contributed by atoms with Crippen LogP contribution in [-0.2, 0) is 11.9 Å². The summed E-state index contributed by atoms with van der Waals surface area (Å²) in [5.74, 6) is -2.61. The highest BCUT2D eigenvalue weighted by molar-refractivity contribution is 9.08. The van der Waals surface area contributed by atoms with Crippen molar-refractivity contribution in [3.8, 4) is 22.9 Å². The lowest BCUT2D eigenvalue weighted by Crippen LogP contribution is -2.30. The second-order valence-corrected chi connectivity index (χ2v) is 10.4. The molecule has 0 unspecified atom stereocenters. The van der Waals surface area contributed by atoms with Crippen LogP contribution in [-0.4, -0.2) is 60.9 Å². The number of carbonyl (C=O) groups excluding carboxylic acids is 2. The Labute approximate surface area is 275 Å². The van der Waals surface area contributed by atoms with Crippen LogP contribution in [0.4, 0.5) is 26.3 Å². The van der Waals surface area contributed by atoms with Gasteiger partial charge >= 0.3 is 0 Å². The van der Waals surface area contributed by atoms with Gasteiger partial charge in [-0.15, -0.1) is 10.2 Å². The number of hydrogen-bond acceptors (Lipinski definition) is 8. The highest BCUT2D eigenvalue weighted by atomic mass is 79.9. The monoisotopic (exact) mass is 737 g/mol. The SMILES string of the molecule is COc1ccc(-n2cc(C(F)F)nn2)c(CBr)c1F.COc1ccc(-n2cc(C(F)F)nn2)c(CN2C(=O)c3ccccc3C2=O)c1F. The second kappa shape index (κ2) is 14.2. The van der Waals surface area contributed by atoms with E-state index in [-0.39, 0.29) is 44.8 Å². The lowest BCUT2D eigenvalue weighted by atomic mass is 10.1. The van der Waals surface area contributed by atoms with Crippen LogP contribution in [0, 0.1) is 11.6 Å². The molecule has 3 aromatic carbocycles. The number of halogens is 7. The van der Waals surface area contributed by atoms with Gasteiger partial charge in [-0.3, -0.25) is 14.5 Å². The van der Waals surface area contributed by atoms with E-state index in [0.717, 1.165) is 26.7 Å². The maximum Gasteiger partial charge on any atom is 0.283 e. The van der Waals surface area contributed by atoms with Crippen LogP contribution in [0.3, 0.4) is 0 Å². The van der Waals surface area contributed by atoms with Crippen molar-refractivity contribution in [1.29, 1.82) is 0 Å². The maximum atomic E-state index is 15.0. The molecule has 5 aromatic rings. The summed E-state index contributed by atoms with van der Waals surface area (Å²) < 4.78 is 91.6. The first kappa shape index (κ1) is 34.1. The molecular formula is C30H22BrF6N7O4. The molecule has 0 radical (unpaired) electrons. The Balaban J connectivity index is 0.000000206. The minimum Gasteiger partial charge on any atom is -0.494 e. The first-order valence-electron chi connectivity index (χ1n) is 13.6. The molecule has 11 nitrogen and oxygen atoms in total. The van der Waals surface area contributed by atoms with Crippen molar-refractivity contribution < 1.29 is 45.4 Å². The Hall–Kier alpha value is -5.26. The molecule has 0 N–H and O–H groups in total. The summed E-state index contributed by atoms with van der Waals surface area (Å²) in [4.78, 5) is 26.2. The number of methoxy groups -OCH3 is 2. The van der Waals surface area contributed by atoms with Crippen molar-refractivity contribution in [3.05, 3.63) is 106 Å². The zero-order valence-electron chi connectivity index (χ0n) is 24.8. The van der Waals surface area contributed by atoms with E-state index in [0.29, 0.717) is 5.69 Å². The second-order valence-electron chi connectivity index (χ2n) is 9.81. The van der Waals surface area contributed by atoms with E-state index in [9.17, 15) is 31.5 Å². The number of amides is 2. The molecule has 0 saturated carbocycles. The number of rotatable bonds is 9. The summed E-state index contributed by atoms with van der Waals surface area (Å²) >= 11 is 3.15. The molecule has 0 atom stereocenters. The molecule has 1 aliphatic rings. The molecule has 1 aliphatic heterocycles. The largest absolute Gasteiger partial charge is 0.494 e. The average molecular weight is 738 g/mol. The Morgan fingerprint density at radius 1 is 0.708 bits per heavy atom. The quantitative estimate of drug-likeness (QED) is 0.0970. The van der Waals surface area contributed by atoms with Crippen LogP contribution in [0.25, 0.3) is 11.4 Å². The summed E-state index contributed by atoms with van der Waals surface area (Å²) in [6, 6.07) is 11.9. The van der Waals surface area contributed by atoms with Gasteiger partial charge in [0.1, 0.15) is 11.4 Å². The number of hydrogen-bond donors (Lipinski definition) is 0. The molecule has 0 saturated heterocycles. The van der Waals surface area contributed by atoms with Gasteiger partial charge in [-0.25, -0.2) is 35.7 Å². The highest BCUT2D eigenvalue weighted by Gasteiger charge is 2.36. The van der Waals surface area contributed by atoms with Crippen LogP contribution >= 0.6 is 15.9 Å².